The average molecular weight is 340 g/mol. The van der Waals surface area contributed by atoms with Gasteiger partial charge in [0, 0.05) is 51.5 Å². The first-order valence-electron chi connectivity index (χ1n) is 8.53. The third kappa shape index (κ3) is 4.56. The molecule has 7 heteroatoms. The smallest absolute Gasteiger partial charge is 0.129 e. The van der Waals surface area contributed by atoms with E-state index >= 15 is 0 Å². The number of nitrogens with one attached hydrogen (secondary N) is 1. The van der Waals surface area contributed by atoms with Gasteiger partial charge in [0.1, 0.15) is 23.9 Å². The van der Waals surface area contributed by atoms with E-state index in [-0.39, 0.29) is 0 Å². The highest BCUT2D eigenvalue weighted by atomic mass is 16.5. The Hall–Kier alpha value is -2.43. The molecule has 132 valence electrons. The summed E-state index contributed by atoms with van der Waals surface area (Å²) in [5, 5.41) is 12.4. The van der Waals surface area contributed by atoms with Gasteiger partial charge < -0.3 is 19.5 Å². The molecule has 1 aliphatic rings. The SMILES string of the molecule is CN(CCNc1cc(C2CCOC2)ncn1)Cc1cc(C#N)n(C)c1. The molecule has 3 rings (SSSR count). The maximum atomic E-state index is 9.02. The van der Waals surface area contributed by atoms with Crippen molar-refractivity contribution in [3.8, 4) is 6.07 Å². The lowest BCUT2D eigenvalue weighted by atomic mass is 10.1. The van der Waals surface area contributed by atoms with Crippen LogP contribution in [0.5, 0.6) is 0 Å². The summed E-state index contributed by atoms with van der Waals surface area (Å²) in [7, 11) is 3.97. The van der Waals surface area contributed by atoms with Gasteiger partial charge in [-0.1, -0.05) is 0 Å². The summed E-state index contributed by atoms with van der Waals surface area (Å²) in [5.41, 5.74) is 2.88. The Labute approximate surface area is 148 Å². The summed E-state index contributed by atoms with van der Waals surface area (Å²) < 4.78 is 7.29. The fraction of sp³-hybridized carbons (Fsp3) is 0.500. The van der Waals surface area contributed by atoms with E-state index in [2.05, 4.69) is 33.3 Å². The molecule has 1 atom stereocenters. The lowest BCUT2D eigenvalue weighted by molar-refractivity contribution is 0.193. The van der Waals surface area contributed by atoms with E-state index < -0.39 is 0 Å². The number of ether oxygens (including phenoxy) is 1. The van der Waals surface area contributed by atoms with Crippen molar-refractivity contribution in [2.24, 2.45) is 7.05 Å². The van der Waals surface area contributed by atoms with Crippen LogP contribution in [0.15, 0.2) is 24.7 Å². The molecule has 0 bridgehead atoms. The molecule has 0 aromatic carbocycles. The Morgan fingerprint density at radius 1 is 1.44 bits per heavy atom. The Balaban J connectivity index is 1.47. The van der Waals surface area contributed by atoms with Crippen LogP contribution in [0.1, 0.15) is 29.3 Å². The quantitative estimate of drug-likeness (QED) is 0.827. The lowest BCUT2D eigenvalue weighted by Gasteiger charge is -2.16. The van der Waals surface area contributed by atoms with Crippen LogP contribution in [-0.2, 0) is 18.3 Å². The molecule has 7 nitrogen and oxygen atoms in total. The number of nitrogens with zero attached hydrogens (tertiary/aromatic N) is 5. The first-order chi connectivity index (χ1) is 12.2. The van der Waals surface area contributed by atoms with Crippen LogP contribution in [-0.4, -0.2) is 52.8 Å². The number of aromatic nitrogens is 3. The molecule has 1 unspecified atom stereocenters. The molecule has 25 heavy (non-hydrogen) atoms. The highest BCUT2D eigenvalue weighted by Gasteiger charge is 2.19. The topological polar surface area (TPSA) is 79.0 Å². The largest absolute Gasteiger partial charge is 0.381 e. The van der Waals surface area contributed by atoms with Crippen molar-refractivity contribution in [3.63, 3.8) is 0 Å². The van der Waals surface area contributed by atoms with Crippen molar-refractivity contribution in [1.82, 2.24) is 19.4 Å². The number of hydrogen-bond donors (Lipinski definition) is 1. The first-order valence-corrected chi connectivity index (χ1v) is 8.53. The Kier molecular flexibility index (Phi) is 5.64. The predicted molar refractivity (Wildman–Crippen MR) is 95.2 cm³/mol. The zero-order valence-electron chi connectivity index (χ0n) is 14.8. The third-order valence-electron chi connectivity index (χ3n) is 4.46. The first kappa shape index (κ1) is 17.4. The fourth-order valence-electron chi connectivity index (χ4n) is 3.06. The van der Waals surface area contributed by atoms with E-state index in [4.69, 9.17) is 10.00 Å². The summed E-state index contributed by atoms with van der Waals surface area (Å²) in [5.74, 6) is 1.25. The number of likely N-dealkylation sites (N-methyl/N-ethyl adjacent to an activating group) is 1. The molecule has 1 N–H and O–H groups in total. The summed E-state index contributed by atoms with van der Waals surface area (Å²) >= 11 is 0. The van der Waals surface area contributed by atoms with Gasteiger partial charge in [-0.2, -0.15) is 5.26 Å². The van der Waals surface area contributed by atoms with Crippen molar-refractivity contribution < 1.29 is 4.74 Å². The van der Waals surface area contributed by atoms with Gasteiger partial charge in [-0.3, -0.25) is 0 Å². The Morgan fingerprint density at radius 3 is 3.04 bits per heavy atom. The van der Waals surface area contributed by atoms with Gasteiger partial charge >= 0.3 is 0 Å². The number of hydrogen-bond acceptors (Lipinski definition) is 6. The minimum absolute atomic E-state index is 0.388. The standard InChI is InChI=1S/C18H24N6O/c1-23(10-14-7-16(9-19)24(2)11-14)5-4-20-18-8-17(21-13-22-18)15-3-6-25-12-15/h7-8,11,13,15H,3-6,10,12H2,1-2H3,(H,20,21,22). The van der Waals surface area contributed by atoms with Gasteiger partial charge in [-0.25, -0.2) is 9.97 Å². The van der Waals surface area contributed by atoms with Crippen LogP contribution in [0, 0.1) is 11.3 Å². The van der Waals surface area contributed by atoms with Crippen molar-refractivity contribution in [1.29, 1.82) is 5.26 Å². The molecule has 1 saturated heterocycles. The number of nitriles is 1. The molecular weight excluding hydrogens is 316 g/mol. The van der Waals surface area contributed by atoms with Crippen molar-refractivity contribution >= 4 is 5.82 Å². The Morgan fingerprint density at radius 2 is 2.32 bits per heavy atom. The summed E-state index contributed by atoms with van der Waals surface area (Å²) in [6.07, 6.45) is 4.65. The molecule has 0 radical (unpaired) electrons. The molecule has 0 saturated carbocycles. The molecule has 3 heterocycles. The number of rotatable bonds is 7. The molecule has 2 aromatic heterocycles. The van der Waals surface area contributed by atoms with Gasteiger partial charge in [0.25, 0.3) is 0 Å². The minimum atomic E-state index is 0.388. The third-order valence-corrected chi connectivity index (χ3v) is 4.46. The molecule has 2 aromatic rings. The van der Waals surface area contributed by atoms with E-state index in [1.54, 1.807) is 6.33 Å². The van der Waals surface area contributed by atoms with Crippen LogP contribution < -0.4 is 5.32 Å². The van der Waals surface area contributed by atoms with Gasteiger partial charge in [-0.15, -0.1) is 0 Å². The number of anilines is 1. The van der Waals surface area contributed by atoms with Crippen LogP contribution in [0.4, 0.5) is 5.82 Å². The van der Waals surface area contributed by atoms with Crippen molar-refractivity contribution in [2.45, 2.75) is 18.9 Å². The van der Waals surface area contributed by atoms with Gasteiger partial charge in [0.05, 0.1) is 12.3 Å². The maximum absolute atomic E-state index is 9.02. The molecule has 0 aliphatic carbocycles. The molecule has 0 spiro atoms. The predicted octanol–water partition coefficient (Wildman–Crippen LogP) is 1.73. The monoisotopic (exact) mass is 340 g/mol. The zero-order valence-corrected chi connectivity index (χ0v) is 14.8. The number of aryl methyl sites for hydroxylation is 1. The summed E-state index contributed by atoms with van der Waals surface area (Å²) in [6.45, 7) is 4.05. The van der Waals surface area contributed by atoms with Crippen LogP contribution >= 0.6 is 0 Å². The fourth-order valence-corrected chi connectivity index (χ4v) is 3.06. The maximum Gasteiger partial charge on any atom is 0.129 e. The highest BCUT2D eigenvalue weighted by Crippen LogP contribution is 2.24. The summed E-state index contributed by atoms with van der Waals surface area (Å²) in [4.78, 5) is 10.9. The second-order valence-corrected chi connectivity index (χ2v) is 6.51. The van der Waals surface area contributed by atoms with Crippen LogP contribution in [0.25, 0.3) is 0 Å². The van der Waals surface area contributed by atoms with E-state index in [9.17, 15) is 0 Å². The van der Waals surface area contributed by atoms with Gasteiger partial charge in [0.15, 0.2) is 0 Å². The Bertz CT molecular complexity index is 744. The van der Waals surface area contributed by atoms with Gasteiger partial charge in [-0.05, 0) is 25.1 Å². The van der Waals surface area contributed by atoms with E-state index in [1.165, 1.54) is 0 Å². The lowest BCUT2D eigenvalue weighted by Crippen LogP contribution is -2.25. The normalized spacial score (nSPS) is 17.0. The van der Waals surface area contributed by atoms with Gasteiger partial charge in [0.2, 0.25) is 0 Å². The second kappa shape index (κ2) is 8.10. The minimum Gasteiger partial charge on any atom is -0.381 e. The molecule has 1 aliphatic heterocycles. The van der Waals surface area contributed by atoms with E-state index in [1.807, 2.05) is 29.9 Å². The highest BCUT2D eigenvalue weighted by molar-refractivity contribution is 5.36. The molecule has 0 amide bonds. The molecule has 1 fully saturated rings. The molecular formula is C18H24N6O. The average Bonchev–Trinajstić information content (AvgIpc) is 3.25. The van der Waals surface area contributed by atoms with E-state index in [0.717, 1.165) is 56.3 Å². The van der Waals surface area contributed by atoms with Crippen molar-refractivity contribution in [3.05, 3.63) is 41.6 Å². The van der Waals surface area contributed by atoms with E-state index in [0.29, 0.717) is 11.6 Å². The summed E-state index contributed by atoms with van der Waals surface area (Å²) in [6, 6.07) is 6.15. The van der Waals surface area contributed by atoms with Crippen molar-refractivity contribution in [2.75, 3.05) is 38.7 Å². The van der Waals surface area contributed by atoms with Crippen LogP contribution in [0.2, 0.25) is 0 Å². The zero-order chi connectivity index (χ0) is 17.6. The second-order valence-electron chi connectivity index (χ2n) is 6.51. The van der Waals surface area contributed by atoms with Crippen LogP contribution in [0.3, 0.4) is 0 Å².